The number of aryl methyl sites for hydroxylation is 2. The highest BCUT2D eigenvalue weighted by Crippen LogP contribution is 2.20. The van der Waals surface area contributed by atoms with E-state index in [0.717, 1.165) is 5.56 Å². The first-order chi connectivity index (χ1) is 9.88. The van der Waals surface area contributed by atoms with Crippen LogP contribution in [-0.2, 0) is 4.79 Å². The molecule has 0 saturated heterocycles. The van der Waals surface area contributed by atoms with Gasteiger partial charge in [-0.05, 0) is 44.5 Å². The average molecular weight is 287 g/mol. The minimum atomic E-state index is -0.881. The number of carbonyl (C=O) groups excluding carboxylic acids is 1. The van der Waals surface area contributed by atoms with E-state index in [2.05, 4.69) is 5.32 Å². The standard InChI is InChI=1S/C16H17NO4/c1-9-8-10(2)21-14(9)15(18)17-13-6-4-12(5-7-13)11(3)16(19)20/h4-8,11H,1-3H3,(H,17,18)(H,19,20). The molecule has 2 N–H and O–H groups in total. The maximum absolute atomic E-state index is 12.1. The van der Waals surface area contributed by atoms with Gasteiger partial charge in [-0.3, -0.25) is 9.59 Å². The van der Waals surface area contributed by atoms with Crippen LogP contribution in [0.1, 0.15) is 40.3 Å². The van der Waals surface area contributed by atoms with Crippen molar-refractivity contribution < 1.29 is 19.1 Å². The van der Waals surface area contributed by atoms with Crippen molar-refractivity contribution in [2.24, 2.45) is 0 Å². The molecule has 110 valence electrons. The number of amides is 1. The third-order valence-electron chi connectivity index (χ3n) is 3.29. The summed E-state index contributed by atoms with van der Waals surface area (Å²) in [6.45, 7) is 5.21. The van der Waals surface area contributed by atoms with E-state index in [9.17, 15) is 9.59 Å². The summed E-state index contributed by atoms with van der Waals surface area (Å²) in [5, 5.41) is 11.7. The number of nitrogens with one attached hydrogen (secondary N) is 1. The van der Waals surface area contributed by atoms with Crippen molar-refractivity contribution in [3.63, 3.8) is 0 Å². The first-order valence-corrected chi connectivity index (χ1v) is 6.59. The highest BCUT2D eigenvalue weighted by Gasteiger charge is 2.16. The van der Waals surface area contributed by atoms with Crippen molar-refractivity contribution in [3.8, 4) is 0 Å². The molecule has 0 saturated carbocycles. The number of rotatable bonds is 4. The Hall–Kier alpha value is -2.56. The van der Waals surface area contributed by atoms with Crippen LogP contribution in [0.15, 0.2) is 34.7 Å². The van der Waals surface area contributed by atoms with Gasteiger partial charge in [-0.2, -0.15) is 0 Å². The summed E-state index contributed by atoms with van der Waals surface area (Å²) in [6.07, 6.45) is 0. The Kier molecular flexibility index (Phi) is 4.12. The molecular formula is C16H17NO4. The number of hydrogen-bond acceptors (Lipinski definition) is 3. The highest BCUT2D eigenvalue weighted by atomic mass is 16.4. The van der Waals surface area contributed by atoms with Gasteiger partial charge in [0.15, 0.2) is 5.76 Å². The molecule has 1 unspecified atom stereocenters. The van der Waals surface area contributed by atoms with E-state index in [1.807, 2.05) is 6.92 Å². The van der Waals surface area contributed by atoms with Gasteiger partial charge in [0.1, 0.15) is 5.76 Å². The molecule has 0 bridgehead atoms. The summed E-state index contributed by atoms with van der Waals surface area (Å²) >= 11 is 0. The van der Waals surface area contributed by atoms with Gasteiger partial charge in [0.2, 0.25) is 0 Å². The summed E-state index contributed by atoms with van der Waals surface area (Å²) in [5.41, 5.74) is 2.06. The van der Waals surface area contributed by atoms with Crippen molar-refractivity contribution in [2.45, 2.75) is 26.7 Å². The third kappa shape index (κ3) is 3.31. The van der Waals surface area contributed by atoms with Gasteiger partial charge in [0.05, 0.1) is 5.92 Å². The lowest BCUT2D eigenvalue weighted by molar-refractivity contribution is -0.138. The first-order valence-electron chi connectivity index (χ1n) is 6.59. The fourth-order valence-electron chi connectivity index (χ4n) is 2.05. The second-order valence-electron chi connectivity index (χ2n) is 5.01. The van der Waals surface area contributed by atoms with Crippen molar-refractivity contribution >= 4 is 17.6 Å². The first kappa shape index (κ1) is 14.8. The van der Waals surface area contributed by atoms with E-state index in [4.69, 9.17) is 9.52 Å². The van der Waals surface area contributed by atoms with Gasteiger partial charge >= 0.3 is 5.97 Å². The van der Waals surface area contributed by atoms with E-state index >= 15 is 0 Å². The number of benzene rings is 1. The quantitative estimate of drug-likeness (QED) is 0.903. The number of hydrogen-bond donors (Lipinski definition) is 2. The molecule has 5 nitrogen and oxygen atoms in total. The monoisotopic (exact) mass is 287 g/mol. The second-order valence-corrected chi connectivity index (χ2v) is 5.01. The molecule has 5 heteroatoms. The summed E-state index contributed by atoms with van der Waals surface area (Å²) in [6, 6.07) is 8.53. The molecule has 1 amide bonds. The van der Waals surface area contributed by atoms with Gasteiger partial charge in [0.25, 0.3) is 5.91 Å². The minimum absolute atomic E-state index is 0.287. The molecule has 1 atom stereocenters. The molecule has 1 heterocycles. The van der Waals surface area contributed by atoms with Crippen molar-refractivity contribution in [3.05, 3.63) is 53.0 Å². The predicted octanol–water partition coefficient (Wildman–Crippen LogP) is 3.34. The number of aliphatic carboxylic acids is 1. The summed E-state index contributed by atoms with van der Waals surface area (Å²) in [5.74, 6) is -0.809. The normalized spacial score (nSPS) is 12.0. The molecule has 0 aliphatic carbocycles. The van der Waals surface area contributed by atoms with Gasteiger partial charge in [-0.15, -0.1) is 0 Å². The number of anilines is 1. The number of carbonyl (C=O) groups is 2. The van der Waals surface area contributed by atoms with Crippen molar-refractivity contribution in [2.75, 3.05) is 5.32 Å². The van der Waals surface area contributed by atoms with Crippen LogP contribution in [0.2, 0.25) is 0 Å². The topological polar surface area (TPSA) is 79.5 Å². The number of carboxylic acid groups (broad SMARTS) is 1. The molecule has 1 aromatic carbocycles. The zero-order valence-corrected chi connectivity index (χ0v) is 12.1. The van der Waals surface area contributed by atoms with Gasteiger partial charge in [-0.25, -0.2) is 0 Å². The van der Waals surface area contributed by atoms with Crippen molar-refractivity contribution in [1.82, 2.24) is 0 Å². The number of furan rings is 1. The Labute approximate surface area is 122 Å². The molecule has 0 aliphatic heterocycles. The average Bonchev–Trinajstić information content (AvgIpc) is 2.77. The largest absolute Gasteiger partial charge is 0.481 e. The van der Waals surface area contributed by atoms with Crippen LogP contribution >= 0.6 is 0 Å². The molecule has 0 fully saturated rings. The maximum Gasteiger partial charge on any atom is 0.310 e. The molecule has 0 radical (unpaired) electrons. The molecule has 0 spiro atoms. The van der Waals surface area contributed by atoms with Crippen LogP contribution in [0.3, 0.4) is 0 Å². The van der Waals surface area contributed by atoms with E-state index < -0.39 is 11.9 Å². The lowest BCUT2D eigenvalue weighted by Gasteiger charge is -2.08. The van der Waals surface area contributed by atoms with Crippen LogP contribution in [0.5, 0.6) is 0 Å². The van der Waals surface area contributed by atoms with Crippen molar-refractivity contribution in [1.29, 1.82) is 0 Å². The van der Waals surface area contributed by atoms with E-state index in [1.54, 1.807) is 44.2 Å². The lowest BCUT2D eigenvalue weighted by Crippen LogP contribution is -2.12. The zero-order chi connectivity index (χ0) is 15.6. The smallest absolute Gasteiger partial charge is 0.310 e. The summed E-state index contributed by atoms with van der Waals surface area (Å²) in [4.78, 5) is 23.0. The Morgan fingerprint density at radius 2 is 1.81 bits per heavy atom. The van der Waals surface area contributed by atoms with Gasteiger partial charge in [-0.1, -0.05) is 12.1 Å². The fourth-order valence-corrected chi connectivity index (χ4v) is 2.05. The van der Waals surface area contributed by atoms with E-state index in [1.165, 1.54) is 0 Å². The number of carboxylic acids is 1. The Balaban J connectivity index is 2.12. The van der Waals surface area contributed by atoms with Gasteiger partial charge < -0.3 is 14.8 Å². The third-order valence-corrected chi connectivity index (χ3v) is 3.29. The second kappa shape index (κ2) is 5.83. The summed E-state index contributed by atoms with van der Waals surface area (Å²) in [7, 11) is 0. The SMILES string of the molecule is Cc1cc(C)c(C(=O)Nc2ccc(C(C)C(=O)O)cc2)o1. The van der Waals surface area contributed by atoms with Crippen LogP contribution < -0.4 is 5.32 Å². The molecule has 0 aliphatic rings. The maximum atomic E-state index is 12.1. The molecule has 21 heavy (non-hydrogen) atoms. The van der Waals surface area contributed by atoms with Crippen LogP contribution in [-0.4, -0.2) is 17.0 Å². The molecule has 2 rings (SSSR count). The molecule has 2 aromatic rings. The predicted molar refractivity (Wildman–Crippen MR) is 78.6 cm³/mol. The van der Waals surface area contributed by atoms with Crippen LogP contribution in [0.4, 0.5) is 5.69 Å². The summed E-state index contributed by atoms with van der Waals surface area (Å²) < 4.78 is 5.35. The fraction of sp³-hybridized carbons (Fsp3) is 0.250. The Morgan fingerprint density at radius 3 is 2.29 bits per heavy atom. The molecule has 1 aromatic heterocycles. The Bertz CT molecular complexity index is 670. The van der Waals surface area contributed by atoms with E-state index in [0.29, 0.717) is 17.0 Å². The van der Waals surface area contributed by atoms with Crippen LogP contribution in [0.25, 0.3) is 0 Å². The molecular weight excluding hydrogens is 270 g/mol. The zero-order valence-electron chi connectivity index (χ0n) is 12.1. The highest BCUT2D eigenvalue weighted by molar-refractivity contribution is 6.03. The minimum Gasteiger partial charge on any atom is -0.481 e. The lowest BCUT2D eigenvalue weighted by atomic mass is 10.0. The Morgan fingerprint density at radius 1 is 1.19 bits per heavy atom. The van der Waals surface area contributed by atoms with Gasteiger partial charge in [0, 0.05) is 11.3 Å². The van der Waals surface area contributed by atoms with E-state index in [-0.39, 0.29) is 11.7 Å². The van der Waals surface area contributed by atoms with Crippen LogP contribution in [0, 0.1) is 13.8 Å².